The molecule has 0 spiro atoms. The second kappa shape index (κ2) is 4.67. The van der Waals surface area contributed by atoms with Crippen molar-refractivity contribution in [2.75, 3.05) is 12.8 Å². The molecule has 0 aliphatic carbocycles. The molecule has 3 heteroatoms. The molecule has 0 bridgehead atoms. The van der Waals surface area contributed by atoms with Crippen LogP contribution in [0.3, 0.4) is 0 Å². The van der Waals surface area contributed by atoms with Gasteiger partial charge in [-0.3, -0.25) is 0 Å². The van der Waals surface area contributed by atoms with E-state index in [0.29, 0.717) is 11.4 Å². The van der Waals surface area contributed by atoms with Crippen LogP contribution in [-0.2, 0) is 0 Å². The zero-order chi connectivity index (χ0) is 10.6. The van der Waals surface area contributed by atoms with Crippen molar-refractivity contribution in [2.24, 2.45) is 5.73 Å². The number of benzene rings is 1. The molecule has 0 radical (unpaired) electrons. The molecule has 0 aliphatic heterocycles. The van der Waals surface area contributed by atoms with E-state index in [-0.39, 0.29) is 6.04 Å². The monoisotopic (exact) mass is 192 g/mol. The van der Waals surface area contributed by atoms with Gasteiger partial charge >= 0.3 is 0 Å². The van der Waals surface area contributed by atoms with Crippen LogP contribution in [0.4, 0.5) is 5.69 Å². The minimum atomic E-state index is -0.0410. The highest BCUT2D eigenvalue weighted by atomic mass is 16.5. The first-order valence-electron chi connectivity index (χ1n) is 4.49. The highest BCUT2D eigenvalue weighted by Crippen LogP contribution is 2.25. The van der Waals surface area contributed by atoms with Gasteiger partial charge in [0.2, 0.25) is 0 Å². The van der Waals surface area contributed by atoms with Crippen LogP contribution in [0, 0.1) is 0 Å². The second-order valence-electron chi connectivity index (χ2n) is 3.13. The van der Waals surface area contributed by atoms with Crippen LogP contribution in [0.15, 0.2) is 30.9 Å². The fourth-order valence-electron chi connectivity index (χ4n) is 1.30. The lowest BCUT2D eigenvalue weighted by Crippen LogP contribution is -2.09. The summed E-state index contributed by atoms with van der Waals surface area (Å²) in [5.41, 5.74) is 13.3. The molecule has 3 nitrogen and oxygen atoms in total. The minimum absolute atomic E-state index is 0.0410. The summed E-state index contributed by atoms with van der Waals surface area (Å²) >= 11 is 0. The van der Waals surface area contributed by atoms with Crippen molar-refractivity contribution in [3.63, 3.8) is 0 Å². The molecular formula is C11H16N2O. The van der Waals surface area contributed by atoms with E-state index >= 15 is 0 Å². The van der Waals surface area contributed by atoms with E-state index in [1.807, 2.05) is 18.2 Å². The summed E-state index contributed by atoms with van der Waals surface area (Å²) < 4.78 is 5.05. The average Bonchev–Trinajstić information content (AvgIpc) is 2.18. The summed E-state index contributed by atoms with van der Waals surface area (Å²) in [6.45, 7) is 3.65. The van der Waals surface area contributed by atoms with Gasteiger partial charge in [0.05, 0.1) is 12.8 Å². The van der Waals surface area contributed by atoms with Crippen molar-refractivity contribution in [2.45, 2.75) is 12.5 Å². The number of hydrogen-bond acceptors (Lipinski definition) is 3. The molecule has 0 saturated carbocycles. The Morgan fingerprint density at radius 2 is 2.29 bits per heavy atom. The number of hydrogen-bond donors (Lipinski definition) is 2. The van der Waals surface area contributed by atoms with E-state index in [2.05, 4.69) is 6.58 Å². The Hall–Kier alpha value is -1.48. The molecule has 1 aromatic rings. The Kier molecular flexibility index (Phi) is 3.54. The lowest BCUT2D eigenvalue weighted by atomic mass is 10.0. The first-order chi connectivity index (χ1) is 6.69. The summed E-state index contributed by atoms with van der Waals surface area (Å²) in [4.78, 5) is 0. The van der Waals surface area contributed by atoms with Crippen molar-refractivity contribution in [1.29, 1.82) is 0 Å². The van der Waals surface area contributed by atoms with Gasteiger partial charge in [0.1, 0.15) is 5.75 Å². The van der Waals surface area contributed by atoms with Gasteiger partial charge in [-0.05, 0) is 24.1 Å². The van der Waals surface area contributed by atoms with E-state index in [1.54, 1.807) is 13.2 Å². The van der Waals surface area contributed by atoms with Crippen LogP contribution < -0.4 is 16.2 Å². The molecule has 0 aliphatic rings. The zero-order valence-corrected chi connectivity index (χ0v) is 8.36. The van der Waals surface area contributed by atoms with Crippen LogP contribution in [0.2, 0.25) is 0 Å². The predicted molar refractivity (Wildman–Crippen MR) is 59.1 cm³/mol. The number of rotatable bonds is 4. The van der Waals surface area contributed by atoms with Crippen LogP contribution in [0.1, 0.15) is 18.0 Å². The minimum Gasteiger partial charge on any atom is -0.495 e. The molecule has 0 amide bonds. The van der Waals surface area contributed by atoms with E-state index in [9.17, 15) is 0 Å². The van der Waals surface area contributed by atoms with Gasteiger partial charge in [0.25, 0.3) is 0 Å². The van der Waals surface area contributed by atoms with Gasteiger partial charge in [0, 0.05) is 6.04 Å². The number of anilines is 1. The average molecular weight is 192 g/mol. The summed E-state index contributed by atoms with van der Waals surface area (Å²) in [5.74, 6) is 0.680. The maximum Gasteiger partial charge on any atom is 0.141 e. The van der Waals surface area contributed by atoms with Crippen LogP contribution in [0.5, 0.6) is 5.75 Å². The topological polar surface area (TPSA) is 61.3 Å². The highest BCUT2D eigenvalue weighted by molar-refractivity contribution is 5.54. The normalized spacial score (nSPS) is 12.1. The van der Waals surface area contributed by atoms with Crippen molar-refractivity contribution in [3.8, 4) is 5.75 Å². The third-order valence-electron chi connectivity index (χ3n) is 2.10. The lowest BCUT2D eigenvalue weighted by molar-refractivity contribution is 0.416. The molecule has 1 rings (SSSR count). The summed E-state index contributed by atoms with van der Waals surface area (Å²) in [6.07, 6.45) is 2.54. The van der Waals surface area contributed by atoms with Crippen LogP contribution in [0.25, 0.3) is 0 Å². The largest absolute Gasteiger partial charge is 0.495 e. The predicted octanol–water partition coefficient (Wildman–Crippen LogP) is 1.85. The van der Waals surface area contributed by atoms with E-state index in [0.717, 1.165) is 12.0 Å². The Morgan fingerprint density at radius 1 is 1.57 bits per heavy atom. The van der Waals surface area contributed by atoms with Gasteiger partial charge in [0.15, 0.2) is 0 Å². The van der Waals surface area contributed by atoms with Crippen LogP contribution >= 0.6 is 0 Å². The second-order valence-corrected chi connectivity index (χ2v) is 3.13. The molecule has 14 heavy (non-hydrogen) atoms. The molecule has 0 fully saturated rings. The van der Waals surface area contributed by atoms with E-state index in [1.165, 1.54) is 0 Å². The molecule has 0 saturated heterocycles. The van der Waals surface area contributed by atoms with Crippen molar-refractivity contribution in [1.82, 2.24) is 0 Å². The maximum absolute atomic E-state index is 5.90. The summed E-state index contributed by atoms with van der Waals surface area (Å²) in [5, 5.41) is 0. The Bertz CT molecular complexity index is 323. The number of methoxy groups -OCH3 is 1. The molecule has 0 aromatic heterocycles. The fourth-order valence-corrected chi connectivity index (χ4v) is 1.30. The highest BCUT2D eigenvalue weighted by Gasteiger charge is 2.06. The molecule has 0 heterocycles. The third-order valence-corrected chi connectivity index (χ3v) is 2.10. The van der Waals surface area contributed by atoms with Gasteiger partial charge in [-0.25, -0.2) is 0 Å². The standard InChI is InChI=1S/C11H16N2O/c1-3-4-9(12)8-5-6-11(14-2)10(13)7-8/h3,5-7,9H,1,4,12-13H2,2H3/t9-/m1/s1. The molecular weight excluding hydrogens is 176 g/mol. The van der Waals surface area contributed by atoms with Gasteiger partial charge in [-0.1, -0.05) is 12.1 Å². The van der Waals surface area contributed by atoms with Crippen LogP contribution in [-0.4, -0.2) is 7.11 Å². The molecule has 76 valence electrons. The fraction of sp³-hybridized carbons (Fsp3) is 0.273. The summed E-state index contributed by atoms with van der Waals surface area (Å²) in [7, 11) is 1.59. The van der Waals surface area contributed by atoms with Crippen molar-refractivity contribution in [3.05, 3.63) is 36.4 Å². The zero-order valence-electron chi connectivity index (χ0n) is 8.36. The molecule has 1 atom stereocenters. The summed E-state index contributed by atoms with van der Waals surface area (Å²) in [6, 6.07) is 5.55. The van der Waals surface area contributed by atoms with Gasteiger partial charge in [-0.2, -0.15) is 0 Å². The van der Waals surface area contributed by atoms with Gasteiger partial charge in [-0.15, -0.1) is 6.58 Å². The number of ether oxygens (including phenoxy) is 1. The molecule has 1 aromatic carbocycles. The van der Waals surface area contributed by atoms with Gasteiger partial charge < -0.3 is 16.2 Å². The third kappa shape index (κ3) is 2.26. The maximum atomic E-state index is 5.90. The number of nitrogens with two attached hydrogens (primary N) is 2. The molecule has 0 unspecified atom stereocenters. The van der Waals surface area contributed by atoms with Crippen molar-refractivity contribution >= 4 is 5.69 Å². The lowest BCUT2D eigenvalue weighted by Gasteiger charge is -2.11. The smallest absolute Gasteiger partial charge is 0.141 e. The quantitative estimate of drug-likeness (QED) is 0.565. The Labute approximate surface area is 84.4 Å². The Balaban J connectivity index is 2.90. The van der Waals surface area contributed by atoms with Crippen molar-refractivity contribution < 1.29 is 4.74 Å². The number of nitrogen functional groups attached to an aromatic ring is 1. The van der Waals surface area contributed by atoms with E-state index in [4.69, 9.17) is 16.2 Å². The first-order valence-corrected chi connectivity index (χ1v) is 4.49. The SMILES string of the molecule is C=CC[C@@H](N)c1ccc(OC)c(N)c1. The first kappa shape index (κ1) is 10.6. The molecule has 4 N–H and O–H groups in total. The Morgan fingerprint density at radius 3 is 2.79 bits per heavy atom. The van der Waals surface area contributed by atoms with E-state index < -0.39 is 0 Å².